The summed E-state index contributed by atoms with van der Waals surface area (Å²) in [6.07, 6.45) is 0.218. The number of carboxylic acid groups (broad SMARTS) is 1. The van der Waals surface area contributed by atoms with E-state index in [2.05, 4.69) is 5.32 Å². The average molecular weight is 277 g/mol. The summed E-state index contributed by atoms with van der Waals surface area (Å²) in [5, 5.41) is 20.0. The predicted molar refractivity (Wildman–Crippen MR) is 71.8 cm³/mol. The Morgan fingerprint density at radius 1 is 1.50 bits per heavy atom. The number of ether oxygens (including phenoxy) is 1. The van der Waals surface area contributed by atoms with Gasteiger partial charge in [0.25, 0.3) is 0 Å². The summed E-state index contributed by atoms with van der Waals surface area (Å²) in [5.74, 6) is -0.738. The molecule has 0 bridgehead atoms. The van der Waals surface area contributed by atoms with Crippen LogP contribution in [-0.4, -0.2) is 42.7 Å². The van der Waals surface area contributed by atoms with Crippen molar-refractivity contribution in [2.24, 2.45) is 0 Å². The van der Waals surface area contributed by atoms with Crippen LogP contribution in [0.1, 0.15) is 16.8 Å². The van der Waals surface area contributed by atoms with Crippen LogP contribution in [0.2, 0.25) is 0 Å². The van der Waals surface area contributed by atoms with Crippen LogP contribution < -0.4 is 10.1 Å². The maximum absolute atomic E-state index is 11.9. The first-order chi connectivity index (χ1) is 9.49. The van der Waals surface area contributed by atoms with E-state index in [0.29, 0.717) is 5.75 Å². The number of aromatic carboxylic acids is 1. The van der Waals surface area contributed by atoms with Crippen molar-refractivity contribution in [3.63, 3.8) is 0 Å². The lowest BCUT2D eigenvalue weighted by Gasteiger charge is -2.18. The Hall–Kier alpha value is -2.75. The van der Waals surface area contributed by atoms with Crippen molar-refractivity contribution in [2.45, 2.75) is 6.42 Å². The van der Waals surface area contributed by atoms with Crippen LogP contribution in [0.15, 0.2) is 18.2 Å². The summed E-state index contributed by atoms with van der Waals surface area (Å²) < 4.78 is 5.06. The summed E-state index contributed by atoms with van der Waals surface area (Å²) in [6, 6.07) is 5.66. The number of methoxy groups -OCH3 is 1. The topological polar surface area (TPSA) is 103 Å². The van der Waals surface area contributed by atoms with E-state index in [1.165, 1.54) is 30.2 Å². The van der Waals surface area contributed by atoms with Gasteiger partial charge < -0.3 is 20.1 Å². The Morgan fingerprint density at radius 3 is 2.75 bits per heavy atom. The van der Waals surface area contributed by atoms with Gasteiger partial charge in [-0.05, 0) is 18.2 Å². The predicted octanol–water partition coefficient (Wildman–Crippen LogP) is 1.77. The highest BCUT2D eigenvalue weighted by atomic mass is 16.5. The minimum absolute atomic E-state index is 0.0424. The quantitative estimate of drug-likeness (QED) is 0.853. The Labute approximate surface area is 116 Å². The molecule has 7 heteroatoms. The van der Waals surface area contributed by atoms with Gasteiger partial charge in [-0.25, -0.2) is 9.59 Å². The molecule has 2 N–H and O–H groups in total. The molecule has 2 amide bonds. The number of nitrogens with one attached hydrogen (secondary N) is 1. The number of benzene rings is 1. The smallest absolute Gasteiger partial charge is 0.335 e. The van der Waals surface area contributed by atoms with Crippen molar-refractivity contribution in [1.82, 2.24) is 4.90 Å². The molecule has 0 aliphatic heterocycles. The van der Waals surface area contributed by atoms with Gasteiger partial charge in [0.15, 0.2) is 0 Å². The Kier molecular flexibility index (Phi) is 5.35. The number of carbonyl (C=O) groups is 2. The van der Waals surface area contributed by atoms with Gasteiger partial charge in [-0.2, -0.15) is 5.26 Å². The molecular weight excluding hydrogens is 262 g/mol. The Balaban J connectivity index is 2.89. The zero-order valence-corrected chi connectivity index (χ0v) is 11.2. The number of carboxylic acids is 1. The maximum Gasteiger partial charge on any atom is 0.335 e. The number of nitriles is 1. The van der Waals surface area contributed by atoms with Crippen LogP contribution in [0.25, 0.3) is 0 Å². The molecule has 1 rings (SSSR count). The fourth-order valence-corrected chi connectivity index (χ4v) is 1.47. The molecule has 0 saturated heterocycles. The van der Waals surface area contributed by atoms with E-state index in [-0.39, 0.29) is 24.2 Å². The van der Waals surface area contributed by atoms with E-state index < -0.39 is 12.0 Å². The fourth-order valence-electron chi connectivity index (χ4n) is 1.47. The van der Waals surface area contributed by atoms with Crippen molar-refractivity contribution in [1.29, 1.82) is 5.26 Å². The van der Waals surface area contributed by atoms with Crippen LogP contribution in [0.5, 0.6) is 5.75 Å². The second-order valence-corrected chi connectivity index (χ2v) is 3.98. The summed E-state index contributed by atoms with van der Waals surface area (Å²) in [6.45, 7) is 0.281. The minimum atomic E-state index is -1.10. The number of carbonyl (C=O) groups excluding carboxylic acids is 1. The maximum atomic E-state index is 11.9. The molecule has 106 valence electrons. The van der Waals surface area contributed by atoms with E-state index in [1.54, 1.807) is 7.05 Å². The molecule has 1 aromatic rings. The van der Waals surface area contributed by atoms with Crippen LogP contribution in [-0.2, 0) is 0 Å². The van der Waals surface area contributed by atoms with E-state index in [4.69, 9.17) is 15.1 Å². The molecule has 7 nitrogen and oxygen atoms in total. The van der Waals surface area contributed by atoms with Crippen molar-refractivity contribution >= 4 is 17.7 Å². The molecule has 1 aromatic carbocycles. The van der Waals surface area contributed by atoms with Gasteiger partial charge in [-0.15, -0.1) is 0 Å². The van der Waals surface area contributed by atoms with Gasteiger partial charge >= 0.3 is 12.0 Å². The highest BCUT2D eigenvalue weighted by molar-refractivity contribution is 5.94. The lowest BCUT2D eigenvalue weighted by Crippen LogP contribution is -2.32. The molecule has 0 heterocycles. The first kappa shape index (κ1) is 15.3. The third-order valence-electron chi connectivity index (χ3n) is 2.59. The van der Waals surface area contributed by atoms with Gasteiger partial charge in [0.2, 0.25) is 0 Å². The van der Waals surface area contributed by atoms with E-state index in [0.717, 1.165) is 0 Å². The highest BCUT2D eigenvalue weighted by Gasteiger charge is 2.14. The van der Waals surface area contributed by atoms with Crippen molar-refractivity contribution in [3.05, 3.63) is 23.8 Å². The van der Waals surface area contributed by atoms with Crippen LogP contribution in [0.4, 0.5) is 10.5 Å². The van der Waals surface area contributed by atoms with Crippen LogP contribution >= 0.6 is 0 Å². The lowest BCUT2D eigenvalue weighted by atomic mass is 10.2. The van der Waals surface area contributed by atoms with E-state index >= 15 is 0 Å². The normalized spacial score (nSPS) is 9.45. The molecule has 0 fully saturated rings. The first-order valence-corrected chi connectivity index (χ1v) is 5.80. The minimum Gasteiger partial charge on any atom is -0.495 e. The van der Waals surface area contributed by atoms with Crippen LogP contribution in [0, 0.1) is 11.3 Å². The second kappa shape index (κ2) is 6.99. The van der Waals surface area contributed by atoms with Gasteiger partial charge in [0.05, 0.1) is 30.9 Å². The second-order valence-electron chi connectivity index (χ2n) is 3.98. The SMILES string of the molecule is COc1ccc(C(=O)O)cc1NC(=O)N(C)CCC#N. The largest absolute Gasteiger partial charge is 0.495 e. The zero-order valence-electron chi connectivity index (χ0n) is 11.2. The van der Waals surface area contributed by atoms with Gasteiger partial charge in [-0.3, -0.25) is 0 Å². The Bertz CT molecular complexity index is 551. The van der Waals surface area contributed by atoms with E-state index in [1.807, 2.05) is 6.07 Å². The first-order valence-electron chi connectivity index (χ1n) is 5.80. The van der Waals surface area contributed by atoms with E-state index in [9.17, 15) is 9.59 Å². The van der Waals surface area contributed by atoms with Crippen LogP contribution in [0.3, 0.4) is 0 Å². The van der Waals surface area contributed by atoms with Crippen molar-refractivity contribution < 1.29 is 19.4 Å². The number of rotatable bonds is 5. The highest BCUT2D eigenvalue weighted by Crippen LogP contribution is 2.25. The summed E-state index contributed by atoms with van der Waals surface area (Å²) >= 11 is 0. The number of hydrogen-bond donors (Lipinski definition) is 2. The summed E-state index contributed by atoms with van der Waals surface area (Å²) in [5.41, 5.74) is 0.307. The number of nitrogens with zero attached hydrogens (tertiary/aromatic N) is 2. The van der Waals surface area contributed by atoms with Gasteiger partial charge in [-0.1, -0.05) is 0 Å². The lowest BCUT2D eigenvalue weighted by molar-refractivity contribution is 0.0697. The molecule has 0 aliphatic carbocycles. The average Bonchev–Trinajstić information content (AvgIpc) is 2.44. The molecule has 0 radical (unpaired) electrons. The molecular formula is C13H15N3O4. The van der Waals surface area contributed by atoms with Crippen molar-refractivity contribution in [2.75, 3.05) is 26.0 Å². The molecule has 0 atom stereocenters. The molecule has 0 saturated carbocycles. The summed E-state index contributed by atoms with van der Waals surface area (Å²) in [7, 11) is 2.96. The standard InChI is InChI=1S/C13H15N3O4/c1-16(7-3-6-14)13(19)15-10-8-9(12(17)18)4-5-11(10)20-2/h4-5,8H,3,7H2,1-2H3,(H,15,19)(H,17,18). The number of urea groups is 1. The fraction of sp³-hybridized carbons (Fsp3) is 0.308. The number of hydrogen-bond acceptors (Lipinski definition) is 4. The number of amides is 2. The third-order valence-corrected chi connectivity index (χ3v) is 2.59. The zero-order chi connectivity index (χ0) is 15.1. The monoisotopic (exact) mass is 277 g/mol. The molecule has 0 aromatic heterocycles. The van der Waals surface area contributed by atoms with Gasteiger partial charge in [0.1, 0.15) is 5.75 Å². The molecule has 20 heavy (non-hydrogen) atoms. The number of anilines is 1. The third kappa shape index (κ3) is 3.88. The Morgan fingerprint density at radius 2 is 2.20 bits per heavy atom. The van der Waals surface area contributed by atoms with Gasteiger partial charge in [0, 0.05) is 13.6 Å². The van der Waals surface area contributed by atoms with Crippen molar-refractivity contribution in [3.8, 4) is 11.8 Å². The molecule has 0 spiro atoms. The summed E-state index contributed by atoms with van der Waals surface area (Å²) in [4.78, 5) is 24.1. The molecule has 0 aliphatic rings. The molecule has 0 unspecified atom stereocenters.